The number of carbonyl (C=O) groups excluding carboxylic acids is 2. The monoisotopic (exact) mass is 443 g/mol. The van der Waals surface area contributed by atoms with Gasteiger partial charge in [0, 0.05) is 24.0 Å². The number of carbonyl (C=O) groups is 2. The van der Waals surface area contributed by atoms with Gasteiger partial charge in [-0.15, -0.1) is 0 Å². The van der Waals surface area contributed by atoms with E-state index in [1.54, 1.807) is 24.3 Å². The Kier molecular flexibility index (Phi) is 9.73. The zero-order chi connectivity index (χ0) is 21.1. The van der Waals surface area contributed by atoms with Gasteiger partial charge in [-0.1, -0.05) is 49.4 Å². The van der Waals surface area contributed by atoms with E-state index in [4.69, 9.17) is 11.6 Å². The van der Waals surface area contributed by atoms with Gasteiger partial charge in [0.05, 0.1) is 5.75 Å². The van der Waals surface area contributed by atoms with Gasteiger partial charge >= 0.3 is 6.03 Å². The van der Waals surface area contributed by atoms with Crippen molar-refractivity contribution in [2.75, 3.05) is 6.54 Å². The molecule has 29 heavy (non-hydrogen) atoms. The van der Waals surface area contributed by atoms with Crippen LogP contribution in [-0.4, -0.2) is 32.9 Å². The molecule has 1 saturated carbocycles. The number of sulfonamides is 1. The van der Waals surface area contributed by atoms with Crippen LogP contribution in [0.1, 0.15) is 63.4 Å². The summed E-state index contributed by atoms with van der Waals surface area (Å²) in [5, 5.41) is 6.27. The number of halogens is 1. The van der Waals surface area contributed by atoms with E-state index in [9.17, 15) is 18.0 Å². The molecular weight excluding hydrogens is 414 g/mol. The van der Waals surface area contributed by atoms with E-state index < -0.39 is 15.9 Å². The summed E-state index contributed by atoms with van der Waals surface area (Å²) >= 11 is 5.85. The van der Waals surface area contributed by atoms with E-state index in [0.29, 0.717) is 23.6 Å². The lowest BCUT2D eigenvalue weighted by atomic mass is 9.96. The lowest BCUT2D eigenvalue weighted by Crippen LogP contribution is -2.43. The van der Waals surface area contributed by atoms with Crippen LogP contribution in [-0.2, 0) is 20.6 Å². The number of hydrogen-bond acceptors (Lipinski definition) is 4. The molecule has 0 aromatic heterocycles. The lowest BCUT2D eigenvalue weighted by molar-refractivity contribution is -0.119. The van der Waals surface area contributed by atoms with Crippen LogP contribution in [0.3, 0.4) is 0 Å². The first-order valence-corrected chi connectivity index (χ1v) is 12.2. The van der Waals surface area contributed by atoms with E-state index >= 15 is 0 Å². The van der Waals surface area contributed by atoms with Gasteiger partial charge in [0.2, 0.25) is 15.9 Å². The van der Waals surface area contributed by atoms with Crippen LogP contribution in [0.4, 0.5) is 4.79 Å². The van der Waals surface area contributed by atoms with Crippen LogP contribution in [0, 0.1) is 0 Å². The fraction of sp³-hybridized carbons (Fsp3) is 0.600. The third kappa shape index (κ3) is 9.99. The highest BCUT2D eigenvalue weighted by Crippen LogP contribution is 2.17. The zero-order valence-electron chi connectivity index (χ0n) is 16.6. The molecule has 0 spiro atoms. The standard InChI is InChI=1S/C20H30ClN3O4S/c21-17-9-7-8-16(14-17)15-29(27,28)24-19(25)12-5-2-6-13-22-20(26)23-18-10-3-1-4-11-18/h7-9,14,18H,1-6,10-13,15H2,(H,24,25)(H2,22,23,26). The number of amides is 3. The summed E-state index contributed by atoms with van der Waals surface area (Å²) in [4.78, 5) is 23.7. The molecule has 0 bridgehead atoms. The Labute approximate surface area is 178 Å². The molecule has 0 radical (unpaired) electrons. The molecule has 162 valence electrons. The fourth-order valence-corrected chi connectivity index (χ4v) is 4.73. The van der Waals surface area contributed by atoms with Crippen molar-refractivity contribution in [3.63, 3.8) is 0 Å². The Morgan fingerprint density at radius 3 is 2.55 bits per heavy atom. The van der Waals surface area contributed by atoms with Crippen LogP contribution in [0.25, 0.3) is 0 Å². The largest absolute Gasteiger partial charge is 0.338 e. The predicted molar refractivity (Wildman–Crippen MR) is 114 cm³/mol. The summed E-state index contributed by atoms with van der Waals surface area (Å²) in [6.45, 7) is 0.535. The van der Waals surface area contributed by atoms with Crippen molar-refractivity contribution in [3.8, 4) is 0 Å². The van der Waals surface area contributed by atoms with Gasteiger partial charge in [-0.05, 0) is 43.4 Å². The Morgan fingerprint density at radius 2 is 1.83 bits per heavy atom. The molecule has 3 amide bonds. The number of unbranched alkanes of at least 4 members (excludes halogenated alkanes) is 2. The Balaban J connectivity index is 1.55. The summed E-state index contributed by atoms with van der Waals surface area (Å²) in [6, 6.07) is 6.67. The average Bonchev–Trinajstić information content (AvgIpc) is 2.64. The van der Waals surface area contributed by atoms with Crippen LogP contribution in [0.5, 0.6) is 0 Å². The minimum atomic E-state index is -3.75. The summed E-state index contributed by atoms with van der Waals surface area (Å²) in [6.07, 6.45) is 7.82. The topological polar surface area (TPSA) is 104 Å². The molecule has 3 N–H and O–H groups in total. The molecular formula is C20H30ClN3O4S. The van der Waals surface area contributed by atoms with Gasteiger partial charge in [-0.2, -0.15) is 0 Å². The van der Waals surface area contributed by atoms with E-state index in [-0.39, 0.29) is 24.2 Å². The normalized spacial score (nSPS) is 14.9. The second-order valence-electron chi connectivity index (χ2n) is 7.46. The van der Waals surface area contributed by atoms with Crippen LogP contribution in [0.2, 0.25) is 5.02 Å². The van der Waals surface area contributed by atoms with Gasteiger partial charge in [-0.25, -0.2) is 13.2 Å². The van der Waals surface area contributed by atoms with Gasteiger partial charge in [0.15, 0.2) is 0 Å². The molecule has 1 fully saturated rings. The second kappa shape index (κ2) is 12.0. The molecule has 0 heterocycles. The Bertz CT molecular complexity index is 780. The molecule has 0 aliphatic heterocycles. The Hall–Kier alpha value is -1.80. The third-order valence-corrected chi connectivity index (χ3v) is 6.31. The van der Waals surface area contributed by atoms with Crippen molar-refractivity contribution in [1.29, 1.82) is 0 Å². The minimum absolute atomic E-state index is 0.128. The van der Waals surface area contributed by atoms with Crippen molar-refractivity contribution >= 4 is 33.6 Å². The van der Waals surface area contributed by atoms with Crippen molar-refractivity contribution in [2.45, 2.75) is 69.6 Å². The van der Waals surface area contributed by atoms with Crippen LogP contribution in [0.15, 0.2) is 24.3 Å². The summed E-state index contributed by atoms with van der Waals surface area (Å²) < 4.78 is 26.2. The summed E-state index contributed by atoms with van der Waals surface area (Å²) in [5.41, 5.74) is 0.523. The van der Waals surface area contributed by atoms with Crippen molar-refractivity contribution in [2.24, 2.45) is 0 Å². The molecule has 1 aromatic rings. The maximum atomic E-state index is 12.1. The molecule has 9 heteroatoms. The highest BCUT2D eigenvalue weighted by atomic mass is 35.5. The third-order valence-electron chi connectivity index (χ3n) is 4.82. The average molecular weight is 444 g/mol. The van der Waals surface area contributed by atoms with Crippen molar-refractivity contribution in [1.82, 2.24) is 15.4 Å². The quantitative estimate of drug-likeness (QED) is 0.481. The summed E-state index contributed by atoms with van der Waals surface area (Å²) in [7, 11) is -3.75. The molecule has 0 saturated heterocycles. The van der Waals surface area contributed by atoms with Gasteiger partial charge in [-0.3, -0.25) is 9.52 Å². The smallest absolute Gasteiger partial charge is 0.315 e. The number of benzene rings is 1. The van der Waals surface area contributed by atoms with Gasteiger partial charge in [0.1, 0.15) is 0 Å². The van der Waals surface area contributed by atoms with Crippen molar-refractivity contribution < 1.29 is 18.0 Å². The second-order valence-corrected chi connectivity index (χ2v) is 9.62. The molecule has 2 rings (SSSR count). The highest BCUT2D eigenvalue weighted by molar-refractivity contribution is 7.89. The molecule has 1 aromatic carbocycles. The van der Waals surface area contributed by atoms with Gasteiger partial charge < -0.3 is 10.6 Å². The van der Waals surface area contributed by atoms with Crippen LogP contribution < -0.4 is 15.4 Å². The maximum absolute atomic E-state index is 12.1. The Morgan fingerprint density at radius 1 is 1.07 bits per heavy atom. The number of nitrogens with one attached hydrogen (secondary N) is 3. The number of urea groups is 1. The highest BCUT2D eigenvalue weighted by Gasteiger charge is 2.16. The summed E-state index contributed by atoms with van der Waals surface area (Å²) in [5.74, 6) is -0.811. The molecule has 0 atom stereocenters. The first-order valence-electron chi connectivity index (χ1n) is 10.2. The molecule has 1 aliphatic rings. The number of rotatable bonds is 10. The number of hydrogen-bond donors (Lipinski definition) is 3. The fourth-order valence-electron chi connectivity index (χ4n) is 3.38. The van der Waals surface area contributed by atoms with Crippen LogP contribution >= 0.6 is 11.6 Å². The van der Waals surface area contributed by atoms with E-state index in [2.05, 4.69) is 15.4 Å². The molecule has 1 aliphatic carbocycles. The first kappa shape index (κ1) is 23.5. The van der Waals surface area contributed by atoms with E-state index in [1.165, 1.54) is 19.3 Å². The predicted octanol–water partition coefficient (Wildman–Crippen LogP) is 3.48. The van der Waals surface area contributed by atoms with Gasteiger partial charge in [0.25, 0.3) is 0 Å². The minimum Gasteiger partial charge on any atom is -0.338 e. The van der Waals surface area contributed by atoms with E-state index in [0.717, 1.165) is 25.7 Å². The zero-order valence-corrected chi connectivity index (χ0v) is 18.2. The maximum Gasteiger partial charge on any atom is 0.315 e. The lowest BCUT2D eigenvalue weighted by Gasteiger charge is -2.22. The first-order chi connectivity index (χ1) is 13.8. The molecule has 0 unspecified atom stereocenters. The van der Waals surface area contributed by atoms with E-state index in [1.807, 2.05) is 0 Å². The SMILES string of the molecule is O=C(CCCCCNC(=O)NC1CCCCC1)NS(=O)(=O)Cc1cccc(Cl)c1. The van der Waals surface area contributed by atoms with Crippen molar-refractivity contribution in [3.05, 3.63) is 34.9 Å². The molecule has 7 nitrogen and oxygen atoms in total.